The van der Waals surface area contributed by atoms with Gasteiger partial charge < -0.3 is 19.6 Å². The molecule has 0 aliphatic heterocycles. The number of ether oxygens (including phenoxy) is 2. The van der Waals surface area contributed by atoms with Gasteiger partial charge in [-0.05, 0) is 52.3 Å². The molecule has 0 saturated heterocycles. The van der Waals surface area contributed by atoms with Gasteiger partial charge in [-0.25, -0.2) is 4.98 Å². The fourth-order valence-electron chi connectivity index (χ4n) is 1.92. The predicted octanol–water partition coefficient (Wildman–Crippen LogP) is 3.76. The maximum absolute atomic E-state index is 5.71. The Hall–Kier alpha value is -2.21. The van der Waals surface area contributed by atoms with E-state index in [9.17, 15) is 0 Å². The highest BCUT2D eigenvalue weighted by molar-refractivity contribution is 9.10. The molecule has 6 heteroatoms. The molecule has 21 heavy (non-hydrogen) atoms. The molecule has 5 nitrogen and oxygen atoms in total. The van der Waals surface area contributed by atoms with Crippen molar-refractivity contribution in [1.82, 2.24) is 4.98 Å². The molecule has 0 bridgehead atoms. The van der Waals surface area contributed by atoms with Crippen molar-refractivity contribution in [1.29, 1.82) is 0 Å². The third-order valence-electron chi connectivity index (χ3n) is 2.95. The summed E-state index contributed by atoms with van der Waals surface area (Å²) in [7, 11) is 1.62. The summed E-state index contributed by atoms with van der Waals surface area (Å²) in [4.78, 5) is 4.34. The largest absolute Gasteiger partial charge is 0.497 e. The summed E-state index contributed by atoms with van der Waals surface area (Å²) in [6, 6.07) is 10.8. The minimum absolute atomic E-state index is 0.236. The first-order valence-electron chi connectivity index (χ1n) is 6.27. The number of rotatable bonds is 4. The van der Waals surface area contributed by atoms with Gasteiger partial charge in [-0.2, -0.15) is 0 Å². The van der Waals surface area contributed by atoms with Crippen molar-refractivity contribution in [3.05, 3.63) is 46.8 Å². The van der Waals surface area contributed by atoms with Crippen LogP contribution < -0.4 is 15.2 Å². The number of benzene rings is 2. The number of hydrogen-bond donors (Lipinski definition) is 1. The number of anilines is 1. The second kappa shape index (κ2) is 5.65. The van der Waals surface area contributed by atoms with Crippen LogP contribution in [0.3, 0.4) is 0 Å². The van der Waals surface area contributed by atoms with Crippen LogP contribution in [0.1, 0.15) is 5.89 Å². The third-order valence-corrected chi connectivity index (χ3v) is 3.57. The first-order valence-corrected chi connectivity index (χ1v) is 7.06. The SMILES string of the molecule is COc1ccc(OCc2nc3cc(N)ccc3o2)c(Br)c1. The van der Waals surface area contributed by atoms with Gasteiger partial charge in [0.05, 0.1) is 11.6 Å². The van der Waals surface area contributed by atoms with E-state index < -0.39 is 0 Å². The van der Waals surface area contributed by atoms with Crippen molar-refractivity contribution >= 4 is 32.7 Å². The molecule has 0 saturated carbocycles. The number of aromatic nitrogens is 1. The molecule has 0 amide bonds. The highest BCUT2D eigenvalue weighted by Crippen LogP contribution is 2.30. The van der Waals surface area contributed by atoms with Gasteiger partial charge in [0.2, 0.25) is 5.89 Å². The number of nitrogens with two attached hydrogens (primary N) is 1. The normalized spacial score (nSPS) is 10.8. The molecule has 2 aromatic carbocycles. The zero-order valence-electron chi connectivity index (χ0n) is 11.3. The van der Waals surface area contributed by atoms with E-state index >= 15 is 0 Å². The maximum Gasteiger partial charge on any atom is 0.233 e. The zero-order valence-corrected chi connectivity index (χ0v) is 12.9. The van der Waals surface area contributed by atoms with E-state index in [1.807, 2.05) is 18.2 Å². The quantitative estimate of drug-likeness (QED) is 0.727. The van der Waals surface area contributed by atoms with Crippen LogP contribution in [0.25, 0.3) is 11.1 Å². The van der Waals surface area contributed by atoms with E-state index in [4.69, 9.17) is 19.6 Å². The van der Waals surface area contributed by atoms with Gasteiger partial charge in [0, 0.05) is 5.69 Å². The summed E-state index contributed by atoms with van der Waals surface area (Å²) in [5.41, 5.74) is 7.78. The molecule has 0 radical (unpaired) electrons. The maximum atomic E-state index is 5.71. The Morgan fingerprint density at radius 3 is 2.86 bits per heavy atom. The molecule has 0 spiro atoms. The Balaban J connectivity index is 1.77. The topological polar surface area (TPSA) is 70.5 Å². The molecule has 1 heterocycles. The smallest absolute Gasteiger partial charge is 0.233 e. The lowest BCUT2D eigenvalue weighted by molar-refractivity contribution is 0.265. The second-order valence-corrected chi connectivity index (χ2v) is 5.27. The Bertz CT molecular complexity index is 786. The third kappa shape index (κ3) is 2.95. The second-order valence-electron chi connectivity index (χ2n) is 4.42. The van der Waals surface area contributed by atoms with Crippen LogP contribution in [0.5, 0.6) is 11.5 Å². The summed E-state index contributed by atoms with van der Waals surface area (Å²) in [5, 5.41) is 0. The van der Waals surface area contributed by atoms with E-state index in [1.54, 1.807) is 25.3 Å². The average Bonchev–Trinajstić information content (AvgIpc) is 2.87. The molecule has 3 aromatic rings. The number of nitrogen functional groups attached to an aromatic ring is 1. The minimum atomic E-state index is 0.236. The monoisotopic (exact) mass is 348 g/mol. The molecular weight excluding hydrogens is 336 g/mol. The highest BCUT2D eigenvalue weighted by Gasteiger charge is 2.08. The molecule has 2 N–H and O–H groups in total. The fourth-order valence-corrected chi connectivity index (χ4v) is 2.39. The number of fused-ring (bicyclic) bond motifs is 1. The van der Waals surface area contributed by atoms with Crippen molar-refractivity contribution < 1.29 is 13.9 Å². The molecule has 0 atom stereocenters. The van der Waals surface area contributed by atoms with Crippen LogP contribution in [0.15, 0.2) is 45.3 Å². The first-order chi connectivity index (χ1) is 10.2. The van der Waals surface area contributed by atoms with Crippen molar-refractivity contribution in [2.45, 2.75) is 6.61 Å². The summed E-state index contributed by atoms with van der Waals surface area (Å²) < 4.78 is 17.2. The fraction of sp³-hybridized carbons (Fsp3) is 0.133. The van der Waals surface area contributed by atoms with Gasteiger partial charge in [-0.1, -0.05) is 0 Å². The van der Waals surface area contributed by atoms with Crippen molar-refractivity contribution in [2.75, 3.05) is 12.8 Å². The van der Waals surface area contributed by atoms with Gasteiger partial charge in [-0.15, -0.1) is 0 Å². The van der Waals surface area contributed by atoms with Gasteiger partial charge >= 0.3 is 0 Å². The molecule has 3 rings (SSSR count). The predicted molar refractivity (Wildman–Crippen MR) is 83.4 cm³/mol. The average molecular weight is 349 g/mol. The number of methoxy groups -OCH3 is 1. The van der Waals surface area contributed by atoms with Crippen LogP contribution in [-0.2, 0) is 6.61 Å². The Labute approximate surface area is 129 Å². The summed E-state index contributed by atoms with van der Waals surface area (Å²) in [5.74, 6) is 1.95. The van der Waals surface area contributed by atoms with E-state index in [-0.39, 0.29) is 6.61 Å². The van der Waals surface area contributed by atoms with E-state index in [0.717, 1.165) is 15.7 Å². The lowest BCUT2D eigenvalue weighted by Gasteiger charge is -2.07. The first kappa shape index (κ1) is 13.8. The molecule has 0 unspecified atom stereocenters. The Kier molecular flexibility index (Phi) is 3.70. The number of hydrogen-bond acceptors (Lipinski definition) is 5. The number of halogens is 1. The summed E-state index contributed by atoms with van der Waals surface area (Å²) >= 11 is 3.43. The van der Waals surface area contributed by atoms with Crippen LogP contribution in [-0.4, -0.2) is 12.1 Å². The van der Waals surface area contributed by atoms with Crippen LogP contribution in [0.4, 0.5) is 5.69 Å². The number of oxazole rings is 1. The molecule has 108 valence electrons. The molecule has 0 fully saturated rings. The van der Waals surface area contributed by atoms with Gasteiger partial charge in [0.1, 0.15) is 17.0 Å². The molecule has 0 aliphatic carbocycles. The van der Waals surface area contributed by atoms with Crippen molar-refractivity contribution in [2.24, 2.45) is 0 Å². The standard InChI is InChI=1S/C15H13BrN2O3/c1-19-10-3-5-13(11(16)7-10)20-8-15-18-12-6-9(17)2-4-14(12)21-15/h2-7H,8,17H2,1H3. The summed E-state index contributed by atoms with van der Waals surface area (Å²) in [6.07, 6.45) is 0. The Morgan fingerprint density at radius 2 is 2.10 bits per heavy atom. The van der Waals surface area contributed by atoms with Gasteiger partial charge in [-0.3, -0.25) is 0 Å². The molecule has 0 aliphatic rings. The van der Waals surface area contributed by atoms with Crippen molar-refractivity contribution in [3.63, 3.8) is 0 Å². The zero-order chi connectivity index (χ0) is 14.8. The lowest BCUT2D eigenvalue weighted by atomic mass is 10.3. The highest BCUT2D eigenvalue weighted by atomic mass is 79.9. The van der Waals surface area contributed by atoms with E-state index in [0.29, 0.717) is 22.9 Å². The lowest BCUT2D eigenvalue weighted by Crippen LogP contribution is -1.96. The Morgan fingerprint density at radius 1 is 1.24 bits per heavy atom. The van der Waals surface area contributed by atoms with E-state index in [2.05, 4.69) is 20.9 Å². The number of nitrogens with zero attached hydrogens (tertiary/aromatic N) is 1. The van der Waals surface area contributed by atoms with Crippen molar-refractivity contribution in [3.8, 4) is 11.5 Å². The summed E-state index contributed by atoms with van der Waals surface area (Å²) in [6.45, 7) is 0.236. The molecule has 1 aromatic heterocycles. The van der Waals surface area contributed by atoms with Gasteiger partial charge in [0.15, 0.2) is 12.2 Å². The van der Waals surface area contributed by atoms with Crippen LogP contribution in [0, 0.1) is 0 Å². The van der Waals surface area contributed by atoms with Crippen LogP contribution >= 0.6 is 15.9 Å². The molecular formula is C15H13BrN2O3. The van der Waals surface area contributed by atoms with Crippen LogP contribution in [0.2, 0.25) is 0 Å². The van der Waals surface area contributed by atoms with Gasteiger partial charge in [0.25, 0.3) is 0 Å². The minimum Gasteiger partial charge on any atom is -0.497 e. The van der Waals surface area contributed by atoms with E-state index in [1.165, 1.54) is 0 Å².